The van der Waals surface area contributed by atoms with Crippen LogP contribution in [0.2, 0.25) is 0 Å². The average Bonchev–Trinajstić information content (AvgIpc) is 2.87. The van der Waals surface area contributed by atoms with E-state index in [1.807, 2.05) is 12.1 Å². The molecule has 1 heterocycles. The molecule has 1 aliphatic carbocycles. The molecule has 2 atom stereocenters. The Balaban J connectivity index is 2.04. The molecule has 4 heteroatoms. The molecule has 3 rings (SSSR count). The zero-order valence-electron chi connectivity index (χ0n) is 13.6. The van der Waals surface area contributed by atoms with Crippen molar-refractivity contribution < 1.29 is 14.6 Å². The largest absolute Gasteiger partial charge is 0.504 e. The quantitative estimate of drug-likeness (QED) is 0.933. The minimum absolute atomic E-state index is 0.0131. The Labute approximate surface area is 132 Å². The van der Waals surface area contributed by atoms with Gasteiger partial charge in [0.25, 0.3) is 0 Å². The molecule has 4 nitrogen and oxygen atoms in total. The van der Waals surface area contributed by atoms with E-state index in [9.17, 15) is 9.90 Å². The van der Waals surface area contributed by atoms with Crippen molar-refractivity contribution in [1.29, 1.82) is 0 Å². The molecule has 0 aromatic heterocycles. The van der Waals surface area contributed by atoms with Gasteiger partial charge in [0.2, 0.25) is 0 Å². The topological polar surface area (TPSA) is 49.8 Å². The molecule has 1 aliphatic heterocycles. The highest BCUT2D eigenvalue weighted by atomic mass is 16.5. The standard InChI is InChI=1S/C18H25NO3/c1-12(2)19-9-8-18(7-6-14(20)11-17(18)19)13-4-5-15(21)16(10-13)22-3/h4-5,10,12,17,21H,6-9,11H2,1-3H3/t17-,18-/m0/s1. The number of phenols is 1. The Morgan fingerprint density at radius 3 is 2.82 bits per heavy atom. The van der Waals surface area contributed by atoms with Crippen molar-refractivity contribution in [3.05, 3.63) is 23.8 Å². The van der Waals surface area contributed by atoms with Crippen LogP contribution in [0.1, 0.15) is 45.1 Å². The maximum atomic E-state index is 12.0. The van der Waals surface area contributed by atoms with Gasteiger partial charge >= 0.3 is 0 Å². The van der Waals surface area contributed by atoms with Crippen LogP contribution in [0.15, 0.2) is 18.2 Å². The lowest BCUT2D eigenvalue weighted by Crippen LogP contribution is -2.49. The number of likely N-dealkylation sites (tertiary alicyclic amines) is 1. The fraction of sp³-hybridized carbons (Fsp3) is 0.611. The van der Waals surface area contributed by atoms with Crippen LogP contribution in [0, 0.1) is 0 Å². The number of phenolic OH excluding ortho intramolecular Hbond substituents is 1. The van der Waals surface area contributed by atoms with Gasteiger partial charge in [-0.05, 0) is 50.9 Å². The summed E-state index contributed by atoms with van der Waals surface area (Å²) in [6, 6.07) is 6.39. The number of fused-ring (bicyclic) bond motifs is 1. The van der Waals surface area contributed by atoms with Crippen molar-refractivity contribution >= 4 is 5.78 Å². The summed E-state index contributed by atoms with van der Waals surface area (Å²) in [7, 11) is 1.58. The van der Waals surface area contributed by atoms with E-state index < -0.39 is 0 Å². The van der Waals surface area contributed by atoms with Crippen molar-refractivity contribution in [2.45, 2.75) is 57.0 Å². The van der Waals surface area contributed by atoms with Crippen LogP contribution in [0.25, 0.3) is 0 Å². The second kappa shape index (κ2) is 5.58. The molecule has 2 aliphatic rings. The molecule has 0 unspecified atom stereocenters. The van der Waals surface area contributed by atoms with Crippen molar-refractivity contribution in [3.63, 3.8) is 0 Å². The highest BCUT2D eigenvalue weighted by Gasteiger charge is 2.51. The second-order valence-corrected chi connectivity index (χ2v) is 6.88. The smallest absolute Gasteiger partial charge is 0.160 e. The Hall–Kier alpha value is -1.55. The fourth-order valence-corrected chi connectivity index (χ4v) is 4.34. The summed E-state index contributed by atoms with van der Waals surface area (Å²) in [4.78, 5) is 14.5. The molecule has 22 heavy (non-hydrogen) atoms. The van der Waals surface area contributed by atoms with E-state index in [-0.39, 0.29) is 17.2 Å². The number of hydrogen-bond acceptors (Lipinski definition) is 4. The summed E-state index contributed by atoms with van der Waals surface area (Å²) >= 11 is 0. The number of hydrogen-bond donors (Lipinski definition) is 1. The van der Waals surface area contributed by atoms with Crippen LogP contribution in [0.4, 0.5) is 0 Å². The number of nitrogens with zero attached hydrogens (tertiary/aromatic N) is 1. The number of ether oxygens (including phenoxy) is 1. The molecular weight excluding hydrogens is 278 g/mol. The van der Waals surface area contributed by atoms with Crippen molar-refractivity contribution in [1.82, 2.24) is 4.90 Å². The molecule has 1 aromatic carbocycles. The molecule has 1 saturated heterocycles. The number of aromatic hydroxyl groups is 1. The number of Topliss-reactive ketones (excluding diaryl/α,β-unsaturated/α-hetero) is 1. The molecule has 0 bridgehead atoms. The lowest BCUT2D eigenvalue weighted by Gasteiger charge is -2.43. The van der Waals surface area contributed by atoms with Gasteiger partial charge in [0.05, 0.1) is 7.11 Å². The number of methoxy groups -OCH3 is 1. The number of ketones is 1. The van der Waals surface area contributed by atoms with E-state index in [2.05, 4.69) is 18.7 Å². The van der Waals surface area contributed by atoms with E-state index in [1.54, 1.807) is 13.2 Å². The Bertz CT molecular complexity index is 584. The average molecular weight is 303 g/mol. The summed E-state index contributed by atoms with van der Waals surface area (Å²) in [6.45, 7) is 5.43. The van der Waals surface area contributed by atoms with Gasteiger partial charge in [-0.2, -0.15) is 0 Å². The molecule has 1 saturated carbocycles. The summed E-state index contributed by atoms with van der Waals surface area (Å²) in [5.41, 5.74) is 1.21. The zero-order chi connectivity index (χ0) is 15.9. The van der Waals surface area contributed by atoms with E-state index in [1.165, 1.54) is 5.56 Å². The van der Waals surface area contributed by atoms with Gasteiger partial charge in [0.1, 0.15) is 5.78 Å². The maximum Gasteiger partial charge on any atom is 0.160 e. The minimum Gasteiger partial charge on any atom is -0.504 e. The van der Waals surface area contributed by atoms with Gasteiger partial charge in [-0.1, -0.05) is 6.07 Å². The molecule has 0 radical (unpaired) electrons. The summed E-state index contributed by atoms with van der Waals surface area (Å²) in [6.07, 6.45) is 3.26. The van der Waals surface area contributed by atoms with Crippen molar-refractivity contribution in [2.75, 3.05) is 13.7 Å². The third kappa shape index (κ3) is 2.30. The van der Waals surface area contributed by atoms with E-state index in [4.69, 9.17) is 4.74 Å². The van der Waals surface area contributed by atoms with Crippen LogP contribution in [0.5, 0.6) is 11.5 Å². The predicted octanol–water partition coefficient (Wildman–Crippen LogP) is 2.87. The van der Waals surface area contributed by atoms with E-state index >= 15 is 0 Å². The molecular formula is C18H25NO3. The first-order valence-electron chi connectivity index (χ1n) is 8.13. The first-order valence-corrected chi connectivity index (χ1v) is 8.13. The summed E-state index contributed by atoms with van der Waals surface area (Å²) in [5.74, 6) is 1.06. The molecule has 0 spiro atoms. The lowest BCUT2D eigenvalue weighted by molar-refractivity contribution is -0.123. The number of benzene rings is 1. The van der Waals surface area contributed by atoms with E-state index in [0.29, 0.717) is 30.4 Å². The molecule has 2 fully saturated rings. The SMILES string of the molecule is COc1cc([C@@]23CCC(=O)C[C@@H]2N(C(C)C)CC3)ccc1O. The minimum atomic E-state index is 0.0131. The van der Waals surface area contributed by atoms with Crippen LogP contribution >= 0.6 is 0 Å². The first kappa shape index (κ1) is 15.3. The van der Waals surface area contributed by atoms with Gasteiger partial charge in [0.15, 0.2) is 11.5 Å². The predicted molar refractivity (Wildman–Crippen MR) is 85.4 cm³/mol. The van der Waals surface area contributed by atoms with Crippen molar-refractivity contribution in [3.8, 4) is 11.5 Å². The highest BCUT2D eigenvalue weighted by molar-refractivity contribution is 5.81. The molecule has 0 amide bonds. The van der Waals surface area contributed by atoms with Gasteiger partial charge in [-0.15, -0.1) is 0 Å². The number of carbonyl (C=O) groups is 1. The summed E-state index contributed by atoms with van der Waals surface area (Å²) in [5, 5.41) is 9.86. The van der Waals surface area contributed by atoms with E-state index in [0.717, 1.165) is 19.4 Å². The number of carbonyl (C=O) groups excluding carboxylic acids is 1. The Kier molecular flexibility index (Phi) is 3.89. The lowest BCUT2D eigenvalue weighted by atomic mass is 9.66. The van der Waals surface area contributed by atoms with Gasteiger partial charge in [-0.3, -0.25) is 9.69 Å². The fourth-order valence-electron chi connectivity index (χ4n) is 4.34. The maximum absolute atomic E-state index is 12.0. The second-order valence-electron chi connectivity index (χ2n) is 6.88. The number of rotatable bonds is 3. The third-order valence-electron chi connectivity index (χ3n) is 5.54. The van der Waals surface area contributed by atoms with Gasteiger partial charge in [-0.25, -0.2) is 0 Å². The monoisotopic (exact) mass is 303 g/mol. The molecule has 1 aromatic rings. The van der Waals surface area contributed by atoms with Crippen LogP contribution < -0.4 is 4.74 Å². The van der Waals surface area contributed by atoms with Crippen LogP contribution in [-0.2, 0) is 10.2 Å². The first-order chi connectivity index (χ1) is 10.5. The third-order valence-corrected chi connectivity index (χ3v) is 5.54. The Morgan fingerprint density at radius 1 is 1.36 bits per heavy atom. The van der Waals surface area contributed by atoms with Crippen LogP contribution in [0.3, 0.4) is 0 Å². The zero-order valence-corrected chi connectivity index (χ0v) is 13.6. The molecule has 120 valence electrons. The van der Waals surface area contributed by atoms with Crippen LogP contribution in [-0.4, -0.2) is 41.5 Å². The normalized spacial score (nSPS) is 28.9. The van der Waals surface area contributed by atoms with Gasteiger partial charge in [0, 0.05) is 30.3 Å². The van der Waals surface area contributed by atoms with Gasteiger partial charge < -0.3 is 9.84 Å². The van der Waals surface area contributed by atoms with Crippen molar-refractivity contribution in [2.24, 2.45) is 0 Å². The summed E-state index contributed by atoms with van der Waals surface area (Å²) < 4.78 is 5.29. The Morgan fingerprint density at radius 2 is 2.14 bits per heavy atom. The highest BCUT2D eigenvalue weighted by Crippen LogP contribution is 2.49. The molecule has 1 N–H and O–H groups in total.